The first kappa shape index (κ1) is 16.8. The number of rotatable bonds is 5. The van der Waals surface area contributed by atoms with Crippen molar-refractivity contribution in [2.75, 3.05) is 12.4 Å². The van der Waals surface area contributed by atoms with Crippen molar-refractivity contribution < 1.29 is 18.7 Å². The summed E-state index contributed by atoms with van der Waals surface area (Å²) in [5.41, 5.74) is 2.49. The Morgan fingerprint density at radius 2 is 1.96 bits per heavy atom. The Bertz CT molecular complexity index is 955. The van der Waals surface area contributed by atoms with E-state index in [9.17, 15) is 9.59 Å². The van der Waals surface area contributed by atoms with Gasteiger partial charge >= 0.3 is 0 Å². The van der Waals surface area contributed by atoms with Crippen LogP contribution in [-0.2, 0) is 4.79 Å². The SMILES string of the molecule is CCC(=O)Nc1ccc2c(C)c(C(=O)c3cccc(OC)c3)oc2c1. The molecule has 0 fully saturated rings. The number of benzene rings is 2. The maximum absolute atomic E-state index is 12.8. The van der Waals surface area contributed by atoms with Crippen LogP contribution in [0.4, 0.5) is 5.69 Å². The number of methoxy groups -OCH3 is 1. The lowest BCUT2D eigenvalue weighted by Crippen LogP contribution is -2.08. The lowest BCUT2D eigenvalue weighted by atomic mass is 10.0. The number of carbonyl (C=O) groups excluding carboxylic acids is 2. The molecular weight excluding hydrogens is 318 g/mol. The summed E-state index contributed by atoms with van der Waals surface area (Å²) in [5, 5.41) is 3.64. The van der Waals surface area contributed by atoms with Crippen LogP contribution >= 0.6 is 0 Å². The quantitative estimate of drug-likeness (QED) is 0.704. The van der Waals surface area contributed by atoms with Crippen LogP contribution in [0.2, 0.25) is 0 Å². The molecule has 3 aromatic rings. The van der Waals surface area contributed by atoms with Crippen molar-refractivity contribution in [1.29, 1.82) is 0 Å². The van der Waals surface area contributed by atoms with Crippen LogP contribution in [0, 0.1) is 6.92 Å². The highest BCUT2D eigenvalue weighted by molar-refractivity contribution is 6.11. The molecular formula is C20H19NO4. The molecule has 0 saturated carbocycles. The highest BCUT2D eigenvalue weighted by Crippen LogP contribution is 2.30. The first-order valence-electron chi connectivity index (χ1n) is 8.05. The molecule has 3 rings (SSSR count). The molecule has 5 heteroatoms. The van der Waals surface area contributed by atoms with E-state index in [0.717, 1.165) is 10.9 Å². The van der Waals surface area contributed by atoms with Crippen LogP contribution in [0.1, 0.15) is 35.0 Å². The van der Waals surface area contributed by atoms with Gasteiger partial charge in [-0.05, 0) is 31.2 Å². The van der Waals surface area contributed by atoms with E-state index < -0.39 is 0 Å². The van der Waals surface area contributed by atoms with E-state index in [2.05, 4.69) is 5.32 Å². The maximum Gasteiger partial charge on any atom is 0.228 e. The fourth-order valence-corrected chi connectivity index (χ4v) is 2.66. The Morgan fingerprint density at radius 3 is 2.68 bits per heavy atom. The fourth-order valence-electron chi connectivity index (χ4n) is 2.66. The van der Waals surface area contributed by atoms with Gasteiger partial charge in [0.25, 0.3) is 0 Å². The molecule has 25 heavy (non-hydrogen) atoms. The molecule has 0 unspecified atom stereocenters. The van der Waals surface area contributed by atoms with Crippen molar-refractivity contribution in [1.82, 2.24) is 0 Å². The minimum absolute atomic E-state index is 0.0738. The molecule has 2 aromatic carbocycles. The number of hydrogen-bond acceptors (Lipinski definition) is 4. The highest BCUT2D eigenvalue weighted by atomic mass is 16.5. The molecule has 0 aliphatic carbocycles. The van der Waals surface area contributed by atoms with Gasteiger partial charge < -0.3 is 14.5 Å². The van der Waals surface area contributed by atoms with E-state index in [1.54, 1.807) is 50.4 Å². The molecule has 5 nitrogen and oxygen atoms in total. The number of aryl methyl sites for hydroxylation is 1. The van der Waals surface area contributed by atoms with Crippen molar-refractivity contribution in [3.8, 4) is 5.75 Å². The minimum atomic E-state index is -0.202. The summed E-state index contributed by atoms with van der Waals surface area (Å²) in [6.45, 7) is 3.64. The van der Waals surface area contributed by atoms with E-state index >= 15 is 0 Å². The van der Waals surface area contributed by atoms with Crippen molar-refractivity contribution in [3.63, 3.8) is 0 Å². The van der Waals surface area contributed by atoms with Crippen LogP contribution in [0.25, 0.3) is 11.0 Å². The summed E-state index contributed by atoms with van der Waals surface area (Å²) in [5.74, 6) is 0.633. The number of ether oxygens (including phenoxy) is 1. The van der Waals surface area contributed by atoms with Gasteiger partial charge in [-0.25, -0.2) is 0 Å². The Balaban J connectivity index is 2.00. The van der Waals surface area contributed by atoms with Crippen molar-refractivity contribution in [2.24, 2.45) is 0 Å². The number of carbonyl (C=O) groups is 2. The predicted octanol–water partition coefficient (Wildman–Crippen LogP) is 4.33. The molecule has 1 N–H and O–H groups in total. The third-order valence-electron chi connectivity index (χ3n) is 4.08. The number of nitrogens with one attached hydrogen (secondary N) is 1. The zero-order valence-corrected chi connectivity index (χ0v) is 14.4. The molecule has 0 spiro atoms. The second-order valence-corrected chi connectivity index (χ2v) is 5.73. The molecule has 0 aliphatic rings. The molecule has 0 bridgehead atoms. The van der Waals surface area contributed by atoms with Gasteiger partial charge in [0.15, 0.2) is 5.76 Å². The van der Waals surface area contributed by atoms with Gasteiger partial charge in [0.2, 0.25) is 11.7 Å². The molecule has 0 atom stereocenters. The zero-order valence-electron chi connectivity index (χ0n) is 14.4. The van der Waals surface area contributed by atoms with Crippen LogP contribution in [0.5, 0.6) is 5.75 Å². The molecule has 0 radical (unpaired) electrons. The molecule has 128 valence electrons. The third-order valence-corrected chi connectivity index (χ3v) is 4.08. The van der Waals surface area contributed by atoms with Gasteiger partial charge in [-0.15, -0.1) is 0 Å². The number of amides is 1. The van der Waals surface area contributed by atoms with Gasteiger partial charge in [-0.2, -0.15) is 0 Å². The Hall–Kier alpha value is -3.08. The first-order chi connectivity index (χ1) is 12.0. The van der Waals surface area contributed by atoms with Gasteiger partial charge in [-0.1, -0.05) is 19.1 Å². The van der Waals surface area contributed by atoms with E-state index in [1.165, 1.54) is 0 Å². The van der Waals surface area contributed by atoms with Crippen LogP contribution in [0.15, 0.2) is 46.9 Å². The average Bonchev–Trinajstić information content (AvgIpc) is 2.97. The summed E-state index contributed by atoms with van der Waals surface area (Å²) in [6.07, 6.45) is 0.398. The molecule has 0 aliphatic heterocycles. The van der Waals surface area contributed by atoms with Gasteiger partial charge in [0.1, 0.15) is 11.3 Å². The molecule has 1 heterocycles. The number of anilines is 1. The minimum Gasteiger partial charge on any atom is -0.497 e. The summed E-state index contributed by atoms with van der Waals surface area (Å²) in [7, 11) is 1.56. The molecule has 1 aromatic heterocycles. The number of furan rings is 1. The second kappa shape index (κ2) is 6.81. The van der Waals surface area contributed by atoms with Gasteiger partial charge in [0, 0.05) is 34.7 Å². The fraction of sp³-hybridized carbons (Fsp3) is 0.200. The number of ketones is 1. The average molecular weight is 337 g/mol. The lowest BCUT2D eigenvalue weighted by Gasteiger charge is -2.02. The van der Waals surface area contributed by atoms with Crippen molar-refractivity contribution >= 4 is 28.3 Å². The Labute approximate surface area is 145 Å². The summed E-state index contributed by atoms with van der Waals surface area (Å²) in [6, 6.07) is 12.3. The van der Waals surface area contributed by atoms with E-state index in [-0.39, 0.29) is 11.7 Å². The monoisotopic (exact) mass is 337 g/mol. The highest BCUT2D eigenvalue weighted by Gasteiger charge is 2.20. The van der Waals surface area contributed by atoms with Gasteiger partial charge in [0.05, 0.1) is 7.11 Å². The van der Waals surface area contributed by atoms with Crippen LogP contribution in [-0.4, -0.2) is 18.8 Å². The predicted molar refractivity (Wildman–Crippen MR) is 96.3 cm³/mol. The largest absolute Gasteiger partial charge is 0.497 e. The molecule has 1 amide bonds. The Kier molecular flexibility index (Phi) is 4.57. The third kappa shape index (κ3) is 3.26. The van der Waals surface area contributed by atoms with E-state index in [4.69, 9.17) is 9.15 Å². The second-order valence-electron chi connectivity index (χ2n) is 5.73. The van der Waals surface area contributed by atoms with Crippen LogP contribution in [0.3, 0.4) is 0 Å². The Morgan fingerprint density at radius 1 is 1.16 bits per heavy atom. The number of hydrogen-bond donors (Lipinski definition) is 1. The summed E-state index contributed by atoms with van der Waals surface area (Å²) in [4.78, 5) is 24.3. The smallest absolute Gasteiger partial charge is 0.228 e. The topological polar surface area (TPSA) is 68.5 Å². The normalized spacial score (nSPS) is 10.7. The van der Waals surface area contributed by atoms with Gasteiger partial charge in [-0.3, -0.25) is 9.59 Å². The van der Waals surface area contributed by atoms with E-state index in [0.29, 0.717) is 34.8 Å². The first-order valence-corrected chi connectivity index (χ1v) is 8.05. The summed E-state index contributed by atoms with van der Waals surface area (Å²) >= 11 is 0. The van der Waals surface area contributed by atoms with E-state index in [1.807, 2.05) is 13.0 Å². The van der Waals surface area contributed by atoms with Crippen LogP contribution < -0.4 is 10.1 Å². The molecule has 0 saturated heterocycles. The maximum atomic E-state index is 12.8. The zero-order chi connectivity index (χ0) is 18.0. The summed E-state index contributed by atoms with van der Waals surface area (Å²) < 4.78 is 11.0. The van der Waals surface area contributed by atoms with Crippen molar-refractivity contribution in [2.45, 2.75) is 20.3 Å². The van der Waals surface area contributed by atoms with Crippen molar-refractivity contribution in [3.05, 3.63) is 59.4 Å². The standard InChI is InChI=1S/C20H19NO4/c1-4-18(22)21-14-8-9-16-12(2)20(25-17(16)11-14)19(23)13-6-5-7-15(10-13)24-3/h5-11H,4H2,1-3H3,(H,21,22). The lowest BCUT2D eigenvalue weighted by molar-refractivity contribution is -0.115. The number of fused-ring (bicyclic) bond motifs is 1.